The van der Waals surface area contributed by atoms with Crippen LogP contribution < -0.4 is 5.73 Å². The van der Waals surface area contributed by atoms with Gasteiger partial charge in [0.2, 0.25) is 5.91 Å². The Hall–Kier alpha value is -1.55. The Morgan fingerprint density at radius 3 is 2.25 bits per heavy atom. The number of nitrogens with zero attached hydrogens (tertiary/aromatic N) is 1. The van der Waals surface area contributed by atoms with Crippen LogP contribution in [0.3, 0.4) is 0 Å². The quantitative estimate of drug-likeness (QED) is 0.811. The molecule has 3 N–H and O–H groups in total. The molecule has 1 saturated heterocycles. The van der Waals surface area contributed by atoms with Crippen LogP contribution in [-0.2, 0) is 10.2 Å². The summed E-state index contributed by atoms with van der Waals surface area (Å²) in [5, 5.41) is 9.97. The first-order valence-electron chi connectivity index (χ1n) is 7.10. The molecule has 4 nitrogen and oxygen atoms in total. The molecule has 0 radical (unpaired) electrons. The van der Waals surface area contributed by atoms with Gasteiger partial charge >= 0.3 is 0 Å². The van der Waals surface area contributed by atoms with Gasteiger partial charge in [0.05, 0.1) is 11.0 Å². The topological polar surface area (TPSA) is 66.6 Å². The Balaban J connectivity index is 2.13. The highest BCUT2D eigenvalue weighted by Gasteiger charge is 2.37. The van der Waals surface area contributed by atoms with Gasteiger partial charge in [-0.15, -0.1) is 0 Å². The molecule has 0 spiro atoms. The molecule has 110 valence electrons. The Labute approximate surface area is 120 Å². The minimum Gasteiger partial charge on any atom is -0.399 e. The van der Waals surface area contributed by atoms with Gasteiger partial charge in [0.1, 0.15) is 0 Å². The molecule has 0 aliphatic carbocycles. The first kappa shape index (κ1) is 14.9. The van der Waals surface area contributed by atoms with E-state index in [0.29, 0.717) is 31.6 Å². The van der Waals surface area contributed by atoms with E-state index < -0.39 is 11.0 Å². The van der Waals surface area contributed by atoms with E-state index in [0.717, 1.165) is 5.56 Å². The van der Waals surface area contributed by atoms with E-state index >= 15 is 0 Å². The zero-order valence-electron chi connectivity index (χ0n) is 12.5. The average Bonchev–Trinajstić information content (AvgIpc) is 2.38. The Morgan fingerprint density at radius 2 is 1.75 bits per heavy atom. The van der Waals surface area contributed by atoms with E-state index in [-0.39, 0.29) is 5.91 Å². The summed E-state index contributed by atoms with van der Waals surface area (Å²) in [6, 6.07) is 7.47. The Kier molecular flexibility index (Phi) is 3.78. The van der Waals surface area contributed by atoms with Gasteiger partial charge in [-0.25, -0.2) is 0 Å². The summed E-state index contributed by atoms with van der Waals surface area (Å²) >= 11 is 0. The zero-order valence-corrected chi connectivity index (χ0v) is 12.5. The number of carbonyl (C=O) groups is 1. The minimum absolute atomic E-state index is 0.109. The van der Waals surface area contributed by atoms with Crippen molar-refractivity contribution >= 4 is 11.6 Å². The molecular weight excluding hydrogens is 252 g/mol. The molecule has 1 aromatic rings. The number of likely N-dealkylation sites (tertiary alicyclic amines) is 1. The second-order valence-electron chi connectivity index (χ2n) is 6.54. The lowest BCUT2D eigenvalue weighted by molar-refractivity contribution is -0.140. The van der Waals surface area contributed by atoms with Crippen molar-refractivity contribution in [2.24, 2.45) is 0 Å². The van der Waals surface area contributed by atoms with Crippen LogP contribution in [0.25, 0.3) is 0 Å². The molecule has 1 aliphatic rings. The monoisotopic (exact) mass is 276 g/mol. The van der Waals surface area contributed by atoms with Crippen molar-refractivity contribution < 1.29 is 9.90 Å². The third-order valence-electron chi connectivity index (χ3n) is 4.29. The second-order valence-corrected chi connectivity index (χ2v) is 6.54. The fraction of sp³-hybridized carbons (Fsp3) is 0.562. The molecule has 0 unspecified atom stereocenters. The lowest BCUT2D eigenvalue weighted by Gasteiger charge is -2.39. The summed E-state index contributed by atoms with van der Waals surface area (Å²) in [5.74, 6) is 0.109. The molecule has 0 aromatic heterocycles. The van der Waals surface area contributed by atoms with Crippen LogP contribution in [0.1, 0.15) is 39.2 Å². The first-order chi connectivity index (χ1) is 9.22. The van der Waals surface area contributed by atoms with E-state index in [1.54, 1.807) is 0 Å². The largest absolute Gasteiger partial charge is 0.399 e. The first-order valence-corrected chi connectivity index (χ1v) is 7.10. The van der Waals surface area contributed by atoms with Gasteiger partial charge in [0, 0.05) is 18.8 Å². The standard InChI is InChI=1S/C16H24N2O2/c1-15(2,12-4-6-13(17)7-5-12)14(19)18-10-8-16(3,20)9-11-18/h4-7,20H,8-11,17H2,1-3H3. The fourth-order valence-electron chi connectivity index (χ4n) is 2.61. The van der Waals surface area contributed by atoms with E-state index in [1.807, 2.05) is 49.9 Å². The van der Waals surface area contributed by atoms with E-state index in [1.165, 1.54) is 0 Å². The number of hydrogen-bond acceptors (Lipinski definition) is 3. The zero-order chi connectivity index (χ0) is 15.0. The van der Waals surface area contributed by atoms with Gasteiger partial charge < -0.3 is 15.7 Å². The van der Waals surface area contributed by atoms with Crippen LogP contribution in [0.2, 0.25) is 0 Å². The number of nitrogen functional groups attached to an aromatic ring is 1. The summed E-state index contributed by atoms with van der Waals surface area (Å²) in [7, 11) is 0. The lowest BCUT2D eigenvalue weighted by atomic mass is 9.82. The second kappa shape index (κ2) is 5.09. The van der Waals surface area contributed by atoms with Crippen molar-refractivity contribution in [3.05, 3.63) is 29.8 Å². The van der Waals surface area contributed by atoms with Crippen LogP contribution in [0.5, 0.6) is 0 Å². The van der Waals surface area contributed by atoms with Crippen molar-refractivity contribution in [2.75, 3.05) is 18.8 Å². The summed E-state index contributed by atoms with van der Waals surface area (Å²) in [5.41, 5.74) is 6.15. The number of nitrogens with two attached hydrogens (primary N) is 1. The number of hydrogen-bond donors (Lipinski definition) is 2. The predicted octanol–water partition coefficient (Wildman–Crippen LogP) is 1.92. The molecule has 20 heavy (non-hydrogen) atoms. The number of anilines is 1. The van der Waals surface area contributed by atoms with E-state index in [4.69, 9.17) is 5.73 Å². The molecular formula is C16H24N2O2. The minimum atomic E-state index is -0.637. The number of rotatable bonds is 2. The highest BCUT2D eigenvalue weighted by Crippen LogP contribution is 2.29. The number of piperidine rings is 1. The van der Waals surface area contributed by atoms with Gasteiger partial charge in [-0.05, 0) is 51.3 Å². The van der Waals surface area contributed by atoms with Crippen LogP contribution in [0.15, 0.2) is 24.3 Å². The molecule has 1 aromatic carbocycles. The summed E-state index contributed by atoms with van der Waals surface area (Å²) < 4.78 is 0. The van der Waals surface area contributed by atoms with Gasteiger partial charge in [-0.2, -0.15) is 0 Å². The predicted molar refractivity (Wildman–Crippen MR) is 80.3 cm³/mol. The number of aliphatic hydroxyl groups is 1. The van der Waals surface area contributed by atoms with Gasteiger partial charge in [-0.1, -0.05) is 12.1 Å². The third-order valence-corrected chi connectivity index (χ3v) is 4.29. The number of carbonyl (C=O) groups excluding carboxylic acids is 1. The van der Waals surface area contributed by atoms with Gasteiger partial charge in [0.25, 0.3) is 0 Å². The summed E-state index contributed by atoms with van der Waals surface area (Å²) in [6.07, 6.45) is 1.27. The van der Waals surface area contributed by atoms with Crippen molar-refractivity contribution in [3.63, 3.8) is 0 Å². The van der Waals surface area contributed by atoms with Crippen molar-refractivity contribution in [1.29, 1.82) is 0 Å². The maximum Gasteiger partial charge on any atom is 0.232 e. The SMILES string of the molecule is CC1(O)CCN(C(=O)C(C)(C)c2ccc(N)cc2)CC1. The van der Waals surface area contributed by atoms with Crippen LogP contribution in [0.4, 0.5) is 5.69 Å². The molecule has 0 saturated carbocycles. The van der Waals surface area contributed by atoms with E-state index in [9.17, 15) is 9.90 Å². The fourth-order valence-corrected chi connectivity index (χ4v) is 2.61. The smallest absolute Gasteiger partial charge is 0.232 e. The molecule has 2 rings (SSSR count). The summed E-state index contributed by atoms with van der Waals surface area (Å²) in [4.78, 5) is 14.6. The van der Waals surface area contributed by atoms with Crippen LogP contribution in [-0.4, -0.2) is 34.6 Å². The number of benzene rings is 1. The molecule has 0 bridgehead atoms. The van der Waals surface area contributed by atoms with E-state index in [2.05, 4.69) is 0 Å². The number of amides is 1. The van der Waals surface area contributed by atoms with Crippen molar-refractivity contribution in [2.45, 2.75) is 44.6 Å². The molecule has 4 heteroatoms. The molecule has 1 aliphatic heterocycles. The van der Waals surface area contributed by atoms with Gasteiger partial charge in [-0.3, -0.25) is 4.79 Å². The average molecular weight is 276 g/mol. The molecule has 1 amide bonds. The van der Waals surface area contributed by atoms with Crippen molar-refractivity contribution in [3.8, 4) is 0 Å². The van der Waals surface area contributed by atoms with Crippen molar-refractivity contribution in [1.82, 2.24) is 4.90 Å². The van der Waals surface area contributed by atoms with Crippen LogP contribution >= 0.6 is 0 Å². The highest BCUT2D eigenvalue weighted by molar-refractivity contribution is 5.87. The summed E-state index contributed by atoms with van der Waals surface area (Å²) in [6.45, 7) is 6.94. The highest BCUT2D eigenvalue weighted by atomic mass is 16.3. The maximum absolute atomic E-state index is 12.7. The van der Waals surface area contributed by atoms with Crippen LogP contribution in [0, 0.1) is 0 Å². The molecule has 1 heterocycles. The third kappa shape index (κ3) is 2.96. The normalized spacial score (nSPS) is 18.9. The Morgan fingerprint density at radius 1 is 1.25 bits per heavy atom. The van der Waals surface area contributed by atoms with Gasteiger partial charge in [0.15, 0.2) is 0 Å². The molecule has 1 fully saturated rings. The lowest BCUT2D eigenvalue weighted by Crippen LogP contribution is -2.50. The Bertz CT molecular complexity index is 482. The maximum atomic E-state index is 12.7. The molecule has 0 atom stereocenters.